The predicted molar refractivity (Wildman–Crippen MR) is 131 cm³/mol. The lowest BCUT2D eigenvalue weighted by molar-refractivity contribution is -0.139. The third-order valence-corrected chi connectivity index (χ3v) is 6.07. The number of alkyl halides is 3. The molecule has 1 aromatic heterocycles. The summed E-state index contributed by atoms with van der Waals surface area (Å²) < 4.78 is 40.3. The van der Waals surface area contributed by atoms with Crippen LogP contribution in [0.25, 0.3) is 22.2 Å². The van der Waals surface area contributed by atoms with Crippen molar-refractivity contribution < 1.29 is 27.9 Å². The Morgan fingerprint density at radius 3 is 2.47 bits per heavy atom. The zero-order valence-electron chi connectivity index (χ0n) is 18.9. The molecule has 0 saturated heterocycles. The molecule has 3 aromatic carbocycles. The number of carbonyl (C=O) groups excluding carboxylic acids is 1. The fourth-order valence-corrected chi connectivity index (χ4v) is 4.30. The van der Waals surface area contributed by atoms with Gasteiger partial charge in [0.1, 0.15) is 6.04 Å². The summed E-state index contributed by atoms with van der Waals surface area (Å²) >= 11 is 6.13. The summed E-state index contributed by atoms with van der Waals surface area (Å²) in [6, 6.07) is 17.0. The first-order valence-electron chi connectivity index (χ1n) is 10.9. The van der Waals surface area contributed by atoms with E-state index in [0.717, 1.165) is 6.07 Å². The summed E-state index contributed by atoms with van der Waals surface area (Å²) in [7, 11) is 0. The molecule has 0 bridgehead atoms. The topological polar surface area (TPSA) is 79.3 Å². The standard InChI is InChI=1S/C27H20ClF3N2O3/c1-15-5-4-8-20(28)24(15)25(34)33-23(26(35)36)14-16-9-11-21-17(13-16)10-12-22(32-21)18-6-2-3-7-19(18)27(29,30)31/h2-13,23H,14H2,1H3,(H,33,34)(H,35,36)/t23-/m0/s1. The summed E-state index contributed by atoms with van der Waals surface area (Å²) in [6.45, 7) is 1.70. The number of aliphatic carboxylic acids is 1. The monoisotopic (exact) mass is 512 g/mol. The number of hydrogen-bond acceptors (Lipinski definition) is 3. The lowest BCUT2D eigenvalue weighted by atomic mass is 10.0. The van der Waals surface area contributed by atoms with E-state index in [1.54, 1.807) is 49.4 Å². The third kappa shape index (κ3) is 5.33. The van der Waals surface area contributed by atoms with Crippen LogP contribution in [0.3, 0.4) is 0 Å². The summed E-state index contributed by atoms with van der Waals surface area (Å²) in [6.07, 6.45) is -4.53. The highest BCUT2D eigenvalue weighted by atomic mass is 35.5. The molecule has 9 heteroatoms. The molecule has 2 N–H and O–H groups in total. The van der Waals surface area contributed by atoms with Crippen LogP contribution in [-0.2, 0) is 17.4 Å². The molecule has 0 unspecified atom stereocenters. The fraction of sp³-hybridized carbons (Fsp3) is 0.148. The average molecular weight is 513 g/mol. The van der Waals surface area contributed by atoms with Crippen molar-refractivity contribution in [2.24, 2.45) is 0 Å². The average Bonchev–Trinajstić information content (AvgIpc) is 2.82. The van der Waals surface area contributed by atoms with E-state index < -0.39 is 29.7 Å². The van der Waals surface area contributed by atoms with Gasteiger partial charge in [0, 0.05) is 17.4 Å². The minimum absolute atomic E-state index is 0.0147. The third-order valence-electron chi connectivity index (χ3n) is 5.75. The van der Waals surface area contributed by atoms with Gasteiger partial charge >= 0.3 is 12.1 Å². The number of pyridine rings is 1. The van der Waals surface area contributed by atoms with Crippen LogP contribution in [0.5, 0.6) is 0 Å². The molecule has 5 nitrogen and oxygen atoms in total. The molecule has 4 aromatic rings. The molecule has 0 aliphatic carbocycles. The molecular formula is C27H20ClF3N2O3. The van der Waals surface area contributed by atoms with Gasteiger partial charge in [-0.1, -0.05) is 54.1 Å². The molecule has 0 saturated carbocycles. The Morgan fingerprint density at radius 1 is 1.03 bits per heavy atom. The van der Waals surface area contributed by atoms with Gasteiger partial charge in [0.05, 0.1) is 27.4 Å². The van der Waals surface area contributed by atoms with Gasteiger partial charge in [-0.2, -0.15) is 13.2 Å². The largest absolute Gasteiger partial charge is 0.480 e. The number of nitrogens with zero attached hydrogens (tertiary/aromatic N) is 1. The second-order valence-electron chi connectivity index (χ2n) is 8.27. The van der Waals surface area contributed by atoms with E-state index in [1.165, 1.54) is 24.3 Å². The lowest BCUT2D eigenvalue weighted by Crippen LogP contribution is -2.42. The first kappa shape index (κ1) is 25.2. The molecule has 1 amide bonds. The van der Waals surface area contributed by atoms with Gasteiger partial charge in [-0.3, -0.25) is 4.79 Å². The zero-order chi connectivity index (χ0) is 26.0. The van der Waals surface area contributed by atoms with Gasteiger partial charge in [0.15, 0.2) is 0 Å². The maximum absolute atomic E-state index is 13.4. The van der Waals surface area contributed by atoms with Gasteiger partial charge in [0.2, 0.25) is 0 Å². The molecule has 0 aliphatic rings. The molecule has 0 spiro atoms. The Labute approximate surface area is 209 Å². The molecule has 0 fully saturated rings. The number of benzene rings is 3. The van der Waals surface area contributed by atoms with Crippen molar-refractivity contribution in [3.05, 3.63) is 100 Å². The van der Waals surface area contributed by atoms with E-state index in [4.69, 9.17) is 11.6 Å². The van der Waals surface area contributed by atoms with Crippen molar-refractivity contribution in [1.29, 1.82) is 0 Å². The van der Waals surface area contributed by atoms with Crippen LogP contribution in [-0.4, -0.2) is 28.0 Å². The number of amides is 1. The zero-order valence-corrected chi connectivity index (χ0v) is 19.7. The Balaban J connectivity index is 1.59. The van der Waals surface area contributed by atoms with Gasteiger partial charge in [-0.25, -0.2) is 9.78 Å². The number of nitrogens with one attached hydrogen (secondary N) is 1. The van der Waals surface area contributed by atoms with Crippen molar-refractivity contribution in [3.8, 4) is 11.3 Å². The van der Waals surface area contributed by atoms with Crippen LogP contribution in [0, 0.1) is 6.92 Å². The maximum atomic E-state index is 13.4. The normalized spacial score (nSPS) is 12.4. The molecule has 36 heavy (non-hydrogen) atoms. The minimum atomic E-state index is -4.52. The summed E-state index contributed by atoms with van der Waals surface area (Å²) in [4.78, 5) is 29.0. The van der Waals surface area contributed by atoms with Crippen LogP contribution < -0.4 is 5.32 Å². The summed E-state index contributed by atoms with van der Waals surface area (Å²) in [5.74, 6) is -1.81. The van der Waals surface area contributed by atoms with Gasteiger partial charge in [-0.15, -0.1) is 0 Å². The number of fused-ring (bicyclic) bond motifs is 1. The predicted octanol–water partition coefficient (Wildman–Crippen LogP) is 6.31. The molecular weight excluding hydrogens is 493 g/mol. The smallest absolute Gasteiger partial charge is 0.417 e. The highest BCUT2D eigenvalue weighted by molar-refractivity contribution is 6.34. The fourth-order valence-electron chi connectivity index (χ4n) is 3.99. The number of aromatic nitrogens is 1. The quantitative estimate of drug-likeness (QED) is 0.317. The van der Waals surface area contributed by atoms with Crippen LogP contribution in [0.1, 0.15) is 27.0 Å². The van der Waals surface area contributed by atoms with Crippen LogP contribution in [0.4, 0.5) is 13.2 Å². The number of aryl methyl sites for hydroxylation is 1. The Kier molecular flexibility index (Phi) is 6.99. The summed E-state index contributed by atoms with van der Waals surface area (Å²) in [5.41, 5.74) is 1.26. The van der Waals surface area contributed by atoms with E-state index in [-0.39, 0.29) is 28.3 Å². The van der Waals surface area contributed by atoms with Gasteiger partial charge < -0.3 is 10.4 Å². The Bertz CT molecular complexity index is 1450. The summed E-state index contributed by atoms with van der Waals surface area (Å²) in [5, 5.41) is 13.0. The molecule has 1 heterocycles. The molecule has 0 aliphatic heterocycles. The highest BCUT2D eigenvalue weighted by Crippen LogP contribution is 2.36. The van der Waals surface area contributed by atoms with Crippen LogP contribution in [0.15, 0.2) is 72.8 Å². The van der Waals surface area contributed by atoms with Crippen molar-refractivity contribution >= 4 is 34.4 Å². The van der Waals surface area contributed by atoms with E-state index in [1.807, 2.05) is 0 Å². The first-order chi connectivity index (χ1) is 17.0. The van der Waals surface area contributed by atoms with Crippen LogP contribution in [0.2, 0.25) is 5.02 Å². The number of rotatable bonds is 6. The number of hydrogen-bond donors (Lipinski definition) is 2. The molecule has 0 radical (unpaired) electrons. The number of carboxylic acids is 1. The van der Waals surface area contributed by atoms with Crippen LogP contribution >= 0.6 is 11.6 Å². The highest BCUT2D eigenvalue weighted by Gasteiger charge is 2.33. The van der Waals surface area contributed by atoms with E-state index in [2.05, 4.69) is 10.3 Å². The number of carboxylic acid groups (broad SMARTS) is 1. The second-order valence-corrected chi connectivity index (χ2v) is 8.67. The Morgan fingerprint density at radius 2 is 1.78 bits per heavy atom. The van der Waals surface area contributed by atoms with E-state index in [0.29, 0.717) is 22.0 Å². The molecule has 4 rings (SSSR count). The molecule has 184 valence electrons. The maximum Gasteiger partial charge on any atom is 0.417 e. The van der Waals surface area contributed by atoms with Gasteiger partial charge in [0.25, 0.3) is 5.91 Å². The number of carbonyl (C=O) groups is 2. The first-order valence-corrected chi connectivity index (χ1v) is 11.3. The SMILES string of the molecule is Cc1cccc(Cl)c1C(=O)N[C@@H](Cc1ccc2nc(-c3ccccc3C(F)(F)F)ccc2c1)C(=O)O. The van der Waals surface area contributed by atoms with E-state index in [9.17, 15) is 27.9 Å². The minimum Gasteiger partial charge on any atom is -0.480 e. The van der Waals surface area contributed by atoms with Crippen molar-refractivity contribution in [1.82, 2.24) is 10.3 Å². The Hall–Kier alpha value is -3.91. The lowest BCUT2D eigenvalue weighted by Gasteiger charge is -2.17. The molecule has 1 atom stereocenters. The second kappa shape index (κ2) is 9.99. The van der Waals surface area contributed by atoms with Gasteiger partial charge in [-0.05, 0) is 48.4 Å². The number of halogens is 4. The van der Waals surface area contributed by atoms with Crippen molar-refractivity contribution in [2.75, 3.05) is 0 Å². The van der Waals surface area contributed by atoms with E-state index >= 15 is 0 Å². The van der Waals surface area contributed by atoms with Crippen molar-refractivity contribution in [2.45, 2.75) is 25.6 Å². The van der Waals surface area contributed by atoms with Crippen molar-refractivity contribution in [3.63, 3.8) is 0 Å².